The fourth-order valence-corrected chi connectivity index (χ4v) is 2.32. The Morgan fingerprint density at radius 3 is 2.25 bits per heavy atom. The third-order valence-corrected chi connectivity index (χ3v) is 3.48. The summed E-state index contributed by atoms with van der Waals surface area (Å²) in [4.78, 5) is 0. The molecule has 0 aromatic carbocycles. The Balaban J connectivity index is 2.32. The summed E-state index contributed by atoms with van der Waals surface area (Å²) >= 11 is 0. The first-order valence-corrected chi connectivity index (χ1v) is 6.79. The van der Waals surface area contributed by atoms with Crippen LogP contribution in [0, 0.1) is 11.8 Å². The summed E-state index contributed by atoms with van der Waals surface area (Å²) in [5, 5.41) is 3.55. The fraction of sp³-hybridized carbons (Fsp3) is 0.867. The molecule has 0 spiro atoms. The highest BCUT2D eigenvalue weighted by Crippen LogP contribution is 2.29. The van der Waals surface area contributed by atoms with Crippen LogP contribution >= 0.6 is 0 Å². The summed E-state index contributed by atoms with van der Waals surface area (Å²) < 4.78 is 0. The molecule has 0 heterocycles. The maximum Gasteiger partial charge on any atom is 0.0166 e. The molecule has 94 valence electrons. The largest absolute Gasteiger partial charge is 0.308 e. The second-order valence-electron chi connectivity index (χ2n) is 6.64. The molecule has 0 aromatic rings. The van der Waals surface area contributed by atoms with E-state index in [1.807, 2.05) is 0 Å². The van der Waals surface area contributed by atoms with Gasteiger partial charge in [0.2, 0.25) is 0 Å². The van der Waals surface area contributed by atoms with Gasteiger partial charge in [0.25, 0.3) is 0 Å². The number of hydrogen-bond donors (Lipinski definition) is 1. The highest BCUT2D eigenvalue weighted by Gasteiger charge is 2.16. The van der Waals surface area contributed by atoms with Crippen molar-refractivity contribution in [3.05, 3.63) is 11.6 Å². The van der Waals surface area contributed by atoms with Crippen molar-refractivity contribution in [1.29, 1.82) is 0 Å². The Kier molecular flexibility index (Phi) is 5.04. The lowest BCUT2D eigenvalue weighted by atomic mass is 9.82. The van der Waals surface area contributed by atoms with Gasteiger partial charge < -0.3 is 5.32 Å². The standard InChI is InChI=1S/C15H29N/c1-12-6-8-14(9-7-12)10-13(2)11-16-15(3,4)5/h10,12,14,16H,6-9,11H2,1-5H3. The van der Waals surface area contributed by atoms with Gasteiger partial charge >= 0.3 is 0 Å². The number of hydrogen-bond acceptors (Lipinski definition) is 1. The van der Waals surface area contributed by atoms with E-state index in [0.29, 0.717) is 0 Å². The van der Waals surface area contributed by atoms with Crippen molar-refractivity contribution in [2.24, 2.45) is 11.8 Å². The van der Waals surface area contributed by atoms with Crippen molar-refractivity contribution in [2.45, 2.75) is 65.8 Å². The molecular weight excluding hydrogens is 194 g/mol. The van der Waals surface area contributed by atoms with Crippen molar-refractivity contribution in [3.63, 3.8) is 0 Å². The summed E-state index contributed by atoms with van der Waals surface area (Å²) in [6.45, 7) is 12.4. The number of allylic oxidation sites excluding steroid dienone is 1. The van der Waals surface area contributed by atoms with Crippen molar-refractivity contribution in [2.75, 3.05) is 6.54 Å². The summed E-state index contributed by atoms with van der Waals surface area (Å²) in [6.07, 6.45) is 8.13. The highest BCUT2D eigenvalue weighted by molar-refractivity contribution is 5.04. The average Bonchev–Trinajstić information content (AvgIpc) is 2.18. The van der Waals surface area contributed by atoms with Crippen LogP contribution in [0.4, 0.5) is 0 Å². The van der Waals surface area contributed by atoms with Crippen molar-refractivity contribution in [1.82, 2.24) is 5.32 Å². The monoisotopic (exact) mass is 223 g/mol. The molecule has 0 aliphatic heterocycles. The molecule has 0 unspecified atom stereocenters. The molecule has 16 heavy (non-hydrogen) atoms. The maximum absolute atomic E-state index is 3.55. The lowest BCUT2D eigenvalue weighted by Crippen LogP contribution is -2.36. The Bertz CT molecular complexity index is 226. The third kappa shape index (κ3) is 5.69. The lowest BCUT2D eigenvalue weighted by molar-refractivity contribution is 0.329. The van der Waals surface area contributed by atoms with Crippen LogP contribution in [0.1, 0.15) is 60.3 Å². The first-order chi connectivity index (χ1) is 7.37. The van der Waals surface area contributed by atoms with Crippen LogP contribution in [0.3, 0.4) is 0 Å². The normalized spacial score (nSPS) is 28.2. The molecule has 1 rings (SSSR count). The van der Waals surface area contributed by atoms with Crippen LogP contribution in [0.25, 0.3) is 0 Å². The SMILES string of the molecule is CC(=CC1CCC(C)CC1)CNC(C)(C)C. The van der Waals surface area contributed by atoms with Crippen LogP contribution in [0.2, 0.25) is 0 Å². The topological polar surface area (TPSA) is 12.0 Å². The second kappa shape index (κ2) is 5.86. The molecular formula is C15H29N. The zero-order valence-electron chi connectivity index (χ0n) is 11.8. The molecule has 1 aliphatic rings. The van der Waals surface area contributed by atoms with Gasteiger partial charge in [-0.05, 0) is 52.4 Å². The minimum absolute atomic E-state index is 0.232. The van der Waals surface area contributed by atoms with Gasteiger partial charge in [-0.3, -0.25) is 0 Å². The van der Waals surface area contributed by atoms with Gasteiger partial charge in [0, 0.05) is 12.1 Å². The van der Waals surface area contributed by atoms with Crippen molar-refractivity contribution in [3.8, 4) is 0 Å². The van der Waals surface area contributed by atoms with Gasteiger partial charge in [-0.2, -0.15) is 0 Å². The zero-order chi connectivity index (χ0) is 12.2. The molecule has 0 amide bonds. The van der Waals surface area contributed by atoms with E-state index in [1.165, 1.54) is 31.3 Å². The first-order valence-electron chi connectivity index (χ1n) is 6.79. The van der Waals surface area contributed by atoms with E-state index in [2.05, 4.69) is 46.0 Å². The minimum Gasteiger partial charge on any atom is -0.308 e. The minimum atomic E-state index is 0.232. The number of nitrogens with one attached hydrogen (secondary N) is 1. The number of rotatable bonds is 3. The second-order valence-corrected chi connectivity index (χ2v) is 6.64. The molecule has 1 nitrogen and oxygen atoms in total. The van der Waals surface area contributed by atoms with Crippen LogP contribution < -0.4 is 5.32 Å². The van der Waals surface area contributed by atoms with E-state index in [-0.39, 0.29) is 5.54 Å². The Hall–Kier alpha value is -0.300. The van der Waals surface area contributed by atoms with E-state index < -0.39 is 0 Å². The van der Waals surface area contributed by atoms with Gasteiger partial charge in [-0.25, -0.2) is 0 Å². The predicted molar refractivity (Wildman–Crippen MR) is 72.6 cm³/mol. The van der Waals surface area contributed by atoms with Gasteiger partial charge in [0.1, 0.15) is 0 Å². The van der Waals surface area contributed by atoms with E-state index >= 15 is 0 Å². The molecule has 0 atom stereocenters. The van der Waals surface area contributed by atoms with Crippen LogP contribution in [-0.2, 0) is 0 Å². The summed E-state index contributed by atoms with van der Waals surface area (Å²) in [5.74, 6) is 1.80. The summed E-state index contributed by atoms with van der Waals surface area (Å²) in [5.41, 5.74) is 1.74. The van der Waals surface area contributed by atoms with E-state index in [1.54, 1.807) is 0 Å². The molecule has 0 aromatic heterocycles. The molecule has 0 saturated heterocycles. The third-order valence-electron chi connectivity index (χ3n) is 3.48. The van der Waals surface area contributed by atoms with E-state index in [0.717, 1.165) is 18.4 Å². The van der Waals surface area contributed by atoms with Crippen molar-refractivity contribution >= 4 is 0 Å². The molecule has 1 fully saturated rings. The summed E-state index contributed by atoms with van der Waals surface area (Å²) in [7, 11) is 0. The first kappa shape index (κ1) is 13.8. The summed E-state index contributed by atoms with van der Waals surface area (Å²) in [6, 6.07) is 0. The Labute approximate surface area is 102 Å². The Morgan fingerprint density at radius 1 is 1.19 bits per heavy atom. The Morgan fingerprint density at radius 2 is 1.75 bits per heavy atom. The maximum atomic E-state index is 3.55. The quantitative estimate of drug-likeness (QED) is 0.709. The van der Waals surface area contributed by atoms with Crippen LogP contribution in [0.5, 0.6) is 0 Å². The highest BCUT2D eigenvalue weighted by atomic mass is 14.9. The molecule has 1 saturated carbocycles. The fourth-order valence-electron chi connectivity index (χ4n) is 2.32. The molecule has 0 radical (unpaired) electrons. The van der Waals surface area contributed by atoms with Gasteiger partial charge in [0.15, 0.2) is 0 Å². The molecule has 1 heteroatoms. The van der Waals surface area contributed by atoms with Gasteiger partial charge in [0.05, 0.1) is 0 Å². The van der Waals surface area contributed by atoms with E-state index in [4.69, 9.17) is 0 Å². The smallest absolute Gasteiger partial charge is 0.0166 e. The predicted octanol–water partition coefficient (Wildman–Crippen LogP) is 4.15. The van der Waals surface area contributed by atoms with Crippen molar-refractivity contribution < 1.29 is 0 Å². The van der Waals surface area contributed by atoms with Crippen LogP contribution in [-0.4, -0.2) is 12.1 Å². The lowest BCUT2D eigenvalue weighted by Gasteiger charge is -2.25. The van der Waals surface area contributed by atoms with E-state index in [9.17, 15) is 0 Å². The molecule has 1 N–H and O–H groups in total. The molecule has 0 bridgehead atoms. The zero-order valence-corrected chi connectivity index (χ0v) is 11.8. The van der Waals surface area contributed by atoms with Gasteiger partial charge in [-0.15, -0.1) is 0 Å². The van der Waals surface area contributed by atoms with Gasteiger partial charge in [-0.1, -0.05) is 31.4 Å². The van der Waals surface area contributed by atoms with Crippen LogP contribution in [0.15, 0.2) is 11.6 Å². The average molecular weight is 223 g/mol. The molecule has 1 aliphatic carbocycles.